The van der Waals surface area contributed by atoms with Crippen LogP contribution in [0.3, 0.4) is 0 Å². The Morgan fingerprint density at radius 3 is 2.55 bits per heavy atom. The summed E-state index contributed by atoms with van der Waals surface area (Å²) in [7, 11) is 1.59. The second-order valence-corrected chi connectivity index (χ2v) is 6.75. The predicted octanol–water partition coefficient (Wildman–Crippen LogP) is 4.00. The first-order chi connectivity index (χ1) is 15.0. The third-order valence-corrected chi connectivity index (χ3v) is 4.55. The minimum absolute atomic E-state index is 0.259. The van der Waals surface area contributed by atoms with E-state index in [1.54, 1.807) is 32.2 Å². The standard InChI is InChI=1S/C23H19N3O5/c1-14-11-21(26-31-14)25-22(27)13-30-23(28)18-12-20(15-7-9-16(29-2)10-8-15)24-19-6-4-3-5-17(18)19/h3-12H,13H2,1-2H3,(H,25,26,27). The highest BCUT2D eigenvalue weighted by atomic mass is 16.5. The molecular weight excluding hydrogens is 398 g/mol. The molecule has 2 heterocycles. The highest BCUT2D eigenvalue weighted by molar-refractivity contribution is 6.05. The molecular formula is C23H19N3O5. The molecule has 2 aromatic heterocycles. The predicted molar refractivity (Wildman–Crippen MR) is 114 cm³/mol. The van der Waals surface area contributed by atoms with Crippen molar-refractivity contribution in [3.8, 4) is 17.0 Å². The lowest BCUT2D eigenvalue weighted by atomic mass is 10.0. The molecule has 0 aliphatic rings. The van der Waals surface area contributed by atoms with Gasteiger partial charge in [0, 0.05) is 17.0 Å². The fourth-order valence-electron chi connectivity index (χ4n) is 3.07. The first-order valence-corrected chi connectivity index (χ1v) is 9.48. The van der Waals surface area contributed by atoms with Crippen molar-refractivity contribution in [2.45, 2.75) is 6.92 Å². The number of nitrogens with one attached hydrogen (secondary N) is 1. The zero-order valence-electron chi connectivity index (χ0n) is 16.9. The van der Waals surface area contributed by atoms with Crippen LogP contribution in [0.4, 0.5) is 5.82 Å². The first-order valence-electron chi connectivity index (χ1n) is 9.48. The molecule has 0 atom stereocenters. The maximum atomic E-state index is 12.8. The summed E-state index contributed by atoms with van der Waals surface area (Å²) in [6.07, 6.45) is 0. The topological polar surface area (TPSA) is 104 Å². The molecule has 0 bridgehead atoms. The van der Waals surface area contributed by atoms with Gasteiger partial charge in [-0.3, -0.25) is 4.79 Å². The van der Waals surface area contributed by atoms with Crippen molar-refractivity contribution in [1.29, 1.82) is 0 Å². The molecule has 0 aliphatic heterocycles. The molecule has 156 valence electrons. The summed E-state index contributed by atoms with van der Waals surface area (Å²) in [6.45, 7) is 1.25. The second kappa shape index (κ2) is 8.66. The number of ether oxygens (including phenoxy) is 2. The number of rotatable bonds is 6. The van der Waals surface area contributed by atoms with Crippen molar-refractivity contribution in [3.63, 3.8) is 0 Å². The number of carbonyl (C=O) groups excluding carboxylic acids is 2. The van der Waals surface area contributed by atoms with E-state index in [0.29, 0.717) is 27.9 Å². The zero-order chi connectivity index (χ0) is 21.8. The maximum Gasteiger partial charge on any atom is 0.339 e. The number of hydrogen-bond acceptors (Lipinski definition) is 7. The van der Waals surface area contributed by atoms with Gasteiger partial charge in [-0.05, 0) is 43.3 Å². The van der Waals surface area contributed by atoms with Crippen LogP contribution in [0.1, 0.15) is 16.1 Å². The minimum Gasteiger partial charge on any atom is -0.497 e. The van der Waals surface area contributed by atoms with Crippen LogP contribution >= 0.6 is 0 Å². The fourth-order valence-corrected chi connectivity index (χ4v) is 3.07. The molecule has 8 heteroatoms. The van der Waals surface area contributed by atoms with Crippen LogP contribution in [0.2, 0.25) is 0 Å². The molecule has 0 spiro atoms. The number of esters is 1. The van der Waals surface area contributed by atoms with E-state index in [1.807, 2.05) is 42.5 Å². The Labute approximate surface area is 177 Å². The van der Waals surface area contributed by atoms with Crippen LogP contribution in [0.5, 0.6) is 5.75 Å². The quantitative estimate of drug-likeness (QED) is 0.473. The summed E-state index contributed by atoms with van der Waals surface area (Å²) in [5, 5.41) is 6.82. The summed E-state index contributed by atoms with van der Waals surface area (Å²) in [5.74, 6) is 0.393. The van der Waals surface area contributed by atoms with E-state index in [1.165, 1.54) is 0 Å². The van der Waals surface area contributed by atoms with Crippen LogP contribution in [0, 0.1) is 6.92 Å². The highest BCUT2D eigenvalue weighted by Crippen LogP contribution is 2.26. The summed E-state index contributed by atoms with van der Waals surface area (Å²) >= 11 is 0. The molecule has 4 rings (SSSR count). The molecule has 4 aromatic rings. The number of aryl methyl sites for hydroxylation is 1. The fraction of sp³-hybridized carbons (Fsp3) is 0.130. The van der Waals surface area contributed by atoms with Gasteiger partial charge in [0.2, 0.25) is 0 Å². The van der Waals surface area contributed by atoms with Crippen molar-refractivity contribution in [1.82, 2.24) is 10.1 Å². The SMILES string of the molecule is COc1ccc(-c2cc(C(=O)OCC(=O)Nc3cc(C)on3)c3ccccc3n2)cc1. The van der Waals surface area contributed by atoms with E-state index in [0.717, 1.165) is 11.3 Å². The molecule has 0 saturated carbocycles. The number of aromatic nitrogens is 2. The van der Waals surface area contributed by atoms with Crippen molar-refractivity contribution in [2.24, 2.45) is 0 Å². The van der Waals surface area contributed by atoms with Gasteiger partial charge in [-0.2, -0.15) is 0 Å². The summed E-state index contributed by atoms with van der Waals surface area (Å²) in [5.41, 5.74) is 2.39. The van der Waals surface area contributed by atoms with Crippen LogP contribution in [-0.4, -0.2) is 35.7 Å². The molecule has 1 amide bonds. The Bertz CT molecular complexity index is 1250. The monoisotopic (exact) mass is 417 g/mol. The Morgan fingerprint density at radius 2 is 1.84 bits per heavy atom. The Kier molecular flexibility index (Phi) is 5.61. The molecule has 0 fully saturated rings. The van der Waals surface area contributed by atoms with Crippen LogP contribution < -0.4 is 10.1 Å². The number of carbonyl (C=O) groups is 2. The average molecular weight is 417 g/mol. The summed E-state index contributed by atoms with van der Waals surface area (Å²) < 4.78 is 15.3. The van der Waals surface area contributed by atoms with Gasteiger partial charge in [-0.1, -0.05) is 23.4 Å². The smallest absolute Gasteiger partial charge is 0.339 e. The van der Waals surface area contributed by atoms with Gasteiger partial charge < -0.3 is 19.3 Å². The van der Waals surface area contributed by atoms with Gasteiger partial charge in [0.05, 0.1) is 23.9 Å². The number of fused-ring (bicyclic) bond motifs is 1. The van der Waals surface area contributed by atoms with E-state index in [9.17, 15) is 9.59 Å². The van der Waals surface area contributed by atoms with Crippen molar-refractivity contribution in [2.75, 3.05) is 19.0 Å². The number of amides is 1. The molecule has 0 radical (unpaired) electrons. The lowest BCUT2D eigenvalue weighted by Crippen LogP contribution is -2.21. The number of hydrogen-bond donors (Lipinski definition) is 1. The van der Waals surface area contributed by atoms with Gasteiger partial charge in [-0.25, -0.2) is 9.78 Å². The second-order valence-electron chi connectivity index (χ2n) is 6.75. The third-order valence-electron chi connectivity index (χ3n) is 4.55. The van der Waals surface area contributed by atoms with Gasteiger partial charge in [0.1, 0.15) is 11.5 Å². The van der Waals surface area contributed by atoms with Gasteiger partial charge in [-0.15, -0.1) is 0 Å². The van der Waals surface area contributed by atoms with Crippen LogP contribution in [-0.2, 0) is 9.53 Å². The molecule has 2 aromatic carbocycles. The first kappa shape index (κ1) is 20.1. The number of pyridine rings is 1. The molecule has 0 unspecified atom stereocenters. The van der Waals surface area contributed by atoms with E-state index in [-0.39, 0.29) is 5.82 Å². The van der Waals surface area contributed by atoms with Gasteiger partial charge in [0.15, 0.2) is 12.4 Å². The molecule has 8 nitrogen and oxygen atoms in total. The summed E-state index contributed by atoms with van der Waals surface area (Å²) in [4.78, 5) is 29.5. The number of anilines is 1. The number of para-hydroxylation sites is 1. The van der Waals surface area contributed by atoms with Crippen LogP contribution in [0.15, 0.2) is 65.2 Å². The number of nitrogens with zero attached hydrogens (tertiary/aromatic N) is 2. The highest BCUT2D eigenvalue weighted by Gasteiger charge is 2.17. The summed E-state index contributed by atoms with van der Waals surface area (Å²) in [6, 6.07) is 17.8. The number of methoxy groups -OCH3 is 1. The van der Waals surface area contributed by atoms with E-state index in [2.05, 4.69) is 15.5 Å². The largest absolute Gasteiger partial charge is 0.497 e. The molecule has 0 aliphatic carbocycles. The minimum atomic E-state index is -0.625. The lowest BCUT2D eigenvalue weighted by Gasteiger charge is -2.10. The van der Waals surface area contributed by atoms with Crippen molar-refractivity contribution < 1.29 is 23.6 Å². The average Bonchev–Trinajstić information content (AvgIpc) is 3.21. The van der Waals surface area contributed by atoms with Crippen molar-refractivity contribution in [3.05, 3.63) is 72.0 Å². The Balaban J connectivity index is 1.57. The molecule has 31 heavy (non-hydrogen) atoms. The van der Waals surface area contributed by atoms with Gasteiger partial charge in [0.25, 0.3) is 5.91 Å². The normalized spacial score (nSPS) is 10.6. The van der Waals surface area contributed by atoms with Crippen molar-refractivity contribution >= 4 is 28.6 Å². The van der Waals surface area contributed by atoms with E-state index < -0.39 is 18.5 Å². The van der Waals surface area contributed by atoms with E-state index in [4.69, 9.17) is 14.0 Å². The number of benzene rings is 2. The zero-order valence-corrected chi connectivity index (χ0v) is 16.9. The van der Waals surface area contributed by atoms with Gasteiger partial charge >= 0.3 is 5.97 Å². The third kappa shape index (κ3) is 4.53. The van der Waals surface area contributed by atoms with E-state index >= 15 is 0 Å². The lowest BCUT2D eigenvalue weighted by molar-refractivity contribution is -0.119. The van der Waals surface area contributed by atoms with Crippen LogP contribution in [0.25, 0.3) is 22.2 Å². The Morgan fingerprint density at radius 1 is 1.06 bits per heavy atom. The Hall–Kier alpha value is -4.20. The molecule has 1 N–H and O–H groups in total. The maximum absolute atomic E-state index is 12.8. The molecule has 0 saturated heterocycles.